The molecule has 0 saturated carbocycles. The molecule has 3 nitrogen and oxygen atoms in total. The number of amides is 1. The van der Waals surface area contributed by atoms with Gasteiger partial charge in [-0.2, -0.15) is 0 Å². The van der Waals surface area contributed by atoms with E-state index in [9.17, 15) is 9.90 Å². The first kappa shape index (κ1) is 17.9. The van der Waals surface area contributed by atoms with E-state index in [4.69, 9.17) is 5.73 Å². The monoisotopic (exact) mass is 345 g/mol. The molecular formula is C23H23NO2. The Morgan fingerprint density at radius 1 is 0.769 bits per heavy atom. The van der Waals surface area contributed by atoms with Crippen LogP contribution in [0.4, 0.5) is 0 Å². The maximum absolute atomic E-state index is 11.4. The lowest BCUT2D eigenvalue weighted by Crippen LogP contribution is -2.35. The summed E-state index contributed by atoms with van der Waals surface area (Å²) in [6.45, 7) is 0. The lowest BCUT2D eigenvalue weighted by atomic mass is 9.66. The molecule has 0 unspecified atom stereocenters. The highest BCUT2D eigenvalue weighted by atomic mass is 16.3. The fourth-order valence-electron chi connectivity index (χ4n) is 3.68. The topological polar surface area (TPSA) is 63.3 Å². The molecule has 0 spiro atoms. The first-order chi connectivity index (χ1) is 12.6. The van der Waals surface area contributed by atoms with Crippen molar-refractivity contribution in [1.29, 1.82) is 0 Å². The molecule has 0 fully saturated rings. The summed E-state index contributed by atoms with van der Waals surface area (Å²) >= 11 is 0. The van der Waals surface area contributed by atoms with Gasteiger partial charge in [-0.05, 0) is 23.1 Å². The van der Waals surface area contributed by atoms with Gasteiger partial charge in [-0.3, -0.25) is 4.79 Å². The van der Waals surface area contributed by atoms with Gasteiger partial charge in [0.15, 0.2) is 0 Å². The molecule has 0 aliphatic carbocycles. The van der Waals surface area contributed by atoms with Crippen molar-refractivity contribution in [3.8, 4) is 0 Å². The Labute approximate surface area is 154 Å². The third-order valence-corrected chi connectivity index (χ3v) is 4.78. The molecule has 0 aliphatic rings. The van der Waals surface area contributed by atoms with Crippen LogP contribution in [-0.4, -0.2) is 17.1 Å². The Bertz CT molecular complexity index is 735. The molecule has 1 atom stereocenters. The molecule has 0 aromatic heterocycles. The summed E-state index contributed by atoms with van der Waals surface area (Å²) in [6, 6.07) is 30.3. The highest BCUT2D eigenvalue weighted by Crippen LogP contribution is 2.43. The van der Waals surface area contributed by atoms with Crippen LogP contribution in [0.25, 0.3) is 0 Å². The maximum Gasteiger partial charge on any atom is 0.220 e. The van der Waals surface area contributed by atoms with Gasteiger partial charge in [-0.25, -0.2) is 0 Å². The molecule has 3 aromatic rings. The van der Waals surface area contributed by atoms with E-state index in [-0.39, 0.29) is 6.42 Å². The van der Waals surface area contributed by atoms with Gasteiger partial charge >= 0.3 is 0 Å². The van der Waals surface area contributed by atoms with Crippen LogP contribution in [0.15, 0.2) is 91.0 Å². The van der Waals surface area contributed by atoms with Crippen molar-refractivity contribution >= 4 is 5.91 Å². The van der Waals surface area contributed by atoms with Crippen LogP contribution in [-0.2, 0) is 10.2 Å². The number of aliphatic hydroxyl groups is 1. The lowest BCUT2D eigenvalue weighted by molar-refractivity contribution is -0.120. The zero-order chi connectivity index (χ0) is 18.4. The van der Waals surface area contributed by atoms with Crippen LogP contribution in [0.5, 0.6) is 0 Å². The highest BCUT2D eigenvalue weighted by Gasteiger charge is 2.38. The minimum absolute atomic E-state index is 0.0613. The van der Waals surface area contributed by atoms with E-state index >= 15 is 0 Å². The zero-order valence-corrected chi connectivity index (χ0v) is 14.6. The van der Waals surface area contributed by atoms with E-state index in [1.807, 2.05) is 54.6 Å². The Morgan fingerprint density at radius 2 is 1.12 bits per heavy atom. The Kier molecular flexibility index (Phi) is 5.49. The molecule has 0 bridgehead atoms. The minimum atomic E-state index is -0.840. The van der Waals surface area contributed by atoms with Gasteiger partial charge in [0.2, 0.25) is 5.91 Å². The number of benzene rings is 3. The summed E-state index contributed by atoms with van der Waals surface area (Å²) in [5.41, 5.74) is 7.97. The van der Waals surface area contributed by atoms with Crippen molar-refractivity contribution in [2.45, 2.75) is 24.4 Å². The molecular weight excluding hydrogens is 322 g/mol. The van der Waals surface area contributed by atoms with Gasteiger partial charge in [-0.15, -0.1) is 0 Å². The summed E-state index contributed by atoms with van der Waals surface area (Å²) in [6.07, 6.45) is -0.532. The van der Waals surface area contributed by atoms with E-state index in [0.717, 1.165) is 16.7 Å². The van der Waals surface area contributed by atoms with Gasteiger partial charge in [0.1, 0.15) is 0 Å². The fourth-order valence-corrected chi connectivity index (χ4v) is 3.68. The van der Waals surface area contributed by atoms with E-state index in [1.54, 1.807) is 0 Å². The van der Waals surface area contributed by atoms with Crippen LogP contribution in [0.2, 0.25) is 0 Å². The average molecular weight is 345 g/mol. The highest BCUT2D eigenvalue weighted by molar-refractivity contribution is 5.74. The predicted molar refractivity (Wildman–Crippen MR) is 104 cm³/mol. The quantitative estimate of drug-likeness (QED) is 0.642. The van der Waals surface area contributed by atoms with Crippen molar-refractivity contribution in [1.82, 2.24) is 0 Å². The van der Waals surface area contributed by atoms with Crippen LogP contribution >= 0.6 is 0 Å². The van der Waals surface area contributed by atoms with Crippen molar-refractivity contribution in [2.75, 3.05) is 0 Å². The zero-order valence-electron chi connectivity index (χ0n) is 14.6. The van der Waals surface area contributed by atoms with Crippen molar-refractivity contribution < 1.29 is 9.90 Å². The van der Waals surface area contributed by atoms with Crippen molar-refractivity contribution in [3.05, 3.63) is 108 Å². The average Bonchev–Trinajstić information content (AvgIpc) is 2.67. The number of carbonyl (C=O) groups is 1. The maximum atomic E-state index is 11.4. The molecule has 26 heavy (non-hydrogen) atoms. The molecule has 0 saturated heterocycles. The van der Waals surface area contributed by atoms with Crippen LogP contribution in [0, 0.1) is 0 Å². The fraction of sp³-hybridized carbons (Fsp3) is 0.174. The molecule has 0 aliphatic heterocycles. The molecule has 3 aromatic carbocycles. The SMILES string of the molecule is NC(=O)C[C@@H](O)CC(c1ccccc1)(c1ccccc1)c1ccccc1. The Hall–Kier alpha value is -2.91. The molecule has 3 heteroatoms. The number of primary amides is 1. The van der Waals surface area contributed by atoms with Crippen molar-refractivity contribution in [3.63, 3.8) is 0 Å². The van der Waals surface area contributed by atoms with E-state index in [2.05, 4.69) is 36.4 Å². The smallest absolute Gasteiger partial charge is 0.220 e. The molecule has 3 N–H and O–H groups in total. The predicted octanol–water partition coefficient (Wildman–Crippen LogP) is 3.65. The number of rotatable bonds is 7. The van der Waals surface area contributed by atoms with Gasteiger partial charge in [0.25, 0.3) is 0 Å². The summed E-state index contributed by atoms with van der Waals surface area (Å²) in [5, 5.41) is 10.6. The Morgan fingerprint density at radius 3 is 1.42 bits per heavy atom. The number of nitrogens with two attached hydrogens (primary N) is 1. The largest absolute Gasteiger partial charge is 0.393 e. The molecule has 0 radical (unpaired) electrons. The normalized spacial score (nSPS) is 12.5. The first-order valence-corrected chi connectivity index (χ1v) is 8.76. The van der Waals surface area contributed by atoms with E-state index in [1.165, 1.54) is 0 Å². The van der Waals surface area contributed by atoms with Gasteiger partial charge < -0.3 is 10.8 Å². The Balaban J connectivity index is 2.23. The second-order valence-corrected chi connectivity index (χ2v) is 6.53. The van der Waals surface area contributed by atoms with Gasteiger partial charge in [0.05, 0.1) is 12.5 Å². The number of hydrogen-bond donors (Lipinski definition) is 2. The van der Waals surface area contributed by atoms with Gasteiger partial charge in [-0.1, -0.05) is 91.0 Å². The number of aliphatic hydroxyl groups excluding tert-OH is 1. The lowest BCUT2D eigenvalue weighted by Gasteiger charge is -2.37. The summed E-state index contributed by atoms with van der Waals surface area (Å²) in [5.74, 6) is -0.499. The summed E-state index contributed by atoms with van der Waals surface area (Å²) < 4.78 is 0. The van der Waals surface area contributed by atoms with Crippen LogP contribution in [0.3, 0.4) is 0 Å². The second kappa shape index (κ2) is 7.98. The molecule has 0 heterocycles. The van der Waals surface area contributed by atoms with Crippen LogP contribution in [0.1, 0.15) is 29.5 Å². The molecule has 132 valence electrons. The molecule has 1 amide bonds. The number of carbonyl (C=O) groups excluding carboxylic acids is 1. The van der Waals surface area contributed by atoms with Crippen LogP contribution < -0.4 is 5.73 Å². The van der Waals surface area contributed by atoms with E-state index in [0.29, 0.717) is 6.42 Å². The first-order valence-electron chi connectivity index (χ1n) is 8.76. The third-order valence-electron chi connectivity index (χ3n) is 4.78. The number of hydrogen-bond acceptors (Lipinski definition) is 2. The molecule has 3 rings (SSSR count). The summed E-state index contributed by atoms with van der Waals surface area (Å²) in [7, 11) is 0. The standard InChI is InChI=1S/C23H23NO2/c24-22(26)16-21(25)17-23(18-10-4-1-5-11-18,19-12-6-2-7-13-19)20-14-8-3-9-15-20/h1-15,21,25H,16-17H2,(H2,24,26)/t21-/m1/s1. The van der Waals surface area contributed by atoms with Gasteiger partial charge in [0, 0.05) is 5.41 Å². The minimum Gasteiger partial charge on any atom is -0.393 e. The summed E-state index contributed by atoms with van der Waals surface area (Å²) in [4.78, 5) is 11.4. The van der Waals surface area contributed by atoms with E-state index < -0.39 is 17.4 Å². The third kappa shape index (κ3) is 3.68. The van der Waals surface area contributed by atoms with Crippen molar-refractivity contribution in [2.24, 2.45) is 5.73 Å². The second-order valence-electron chi connectivity index (χ2n) is 6.53.